The smallest absolute Gasteiger partial charge is 0.256 e. The van der Waals surface area contributed by atoms with E-state index in [1.54, 1.807) is 24.5 Å². The van der Waals surface area contributed by atoms with E-state index in [1.165, 1.54) is 0 Å². The number of amides is 1. The number of anilines is 1. The van der Waals surface area contributed by atoms with Crippen LogP contribution in [0, 0.1) is 6.92 Å². The van der Waals surface area contributed by atoms with Gasteiger partial charge in [0.2, 0.25) is 0 Å². The molecule has 3 heterocycles. The Balaban J connectivity index is 1.87. The van der Waals surface area contributed by atoms with Crippen molar-refractivity contribution in [3.8, 4) is 11.3 Å². The van der Waals surface area contributed by atoms with Crippen LogP contribution in [0.15, 0.2) is 73.1 Å². The summed E-state index contributed by atoms with van der Waals surface area (Å²) in [4.78, 5) is 21.4. The van der Waals surface area contributed by atoms with Gasteiger partial charge in [0.1, 0.15) is 17.2 Å². The van der Waals surface area contributed by atoms with E-state index in [-0.39, 0.29) is 5.91 Å². The molecule has 0 saturated heterocycles. The Labute approximate surface area is 145 Å². The maximum atomic E-state index is 12.7. The molecule has 0 atom stereocenters. The third-order valence-corrected chi connectivity index (χ3v) is 4.06. The monoisotopic (exact) mass is 328 g/mol. The molecule has 0 fully saturated rings. The summed E-state index contributed by atoms with van der Waals surface area (Å²) in [5.41, 5.74) is 4.05. The van der Waals surface area contributed by atoms with Crippen molar-refractivity contribution in [1.29, 1.82) is 0 Å². The van der Waals surface area contributed by atoms with Gasteiger partial charge in [-0.15, -0.1) is 0 Å². The molecule has 0 aliphatic carbocycles. The largest absolute Gasteiger partial charge is 0.306 e. The van der Waals surface area contributed by atoms with Gasteiger partial charge in [-0.2, -0.15) is 0 Å². The Kier molecular flexibility index (Phi) is 3.74. The minimum Gasteiger partial charge on any atom is -0.306 e. The molecular formula is C20H16N4O. The first-order valence-corrected chi connectivity index (χ1v) is 7.99. The summed E-state index contributed by atoms with van der Waals surface area (Å²) in [7, 11) is 0. The number of carbonyl (C=O) groups excluding carboxylic acids is 1. The summed E-state index contributed by atoms with van der Waals surface area (Å²) in [6.45, 7) is 1.99. The molecule has 0 saturated carbocycles. The topological polar surface area (TPSA) is 59.3 Å². The van der Waals surface area contributed by atoms with Crippen LogP contribution in [0.5, 0.6) is 0 Å². The van der Waals surface area contributed by atoms with Crippen LogP contribution in [0.4, 0.5) is 5.82 Å². The van der Waals surface area contributed by atoms with Crippen molar-refractivity contribution in [2.24, 2.45) is 0 Å². The van der Waals surface area contributed by atoms with Gasteiger partial charge in [0, 0.05) is 29.2 Å². The van der Waals surface area contributed by atoms with Gasteiger partial charge in [0.15, 0.2) is 0 Å². The van der Waals surface area contributed by atoms with Gasteiger partial charge in [-0.1, -0.05) is 36.4 Å². The zero-order chi connectivity index (χ0) is 17.2. The van der Waals surface area contributed by atoms with E-state index in [0.717, 1.165) is 22.6 Å². The van der Waals surface area contributed by atoms with Crippen LogP contribution in [-0.2, 0) is 0 Å². The fourth-order valence-electron chi connectivity index (χ4n) is 2.85. The highest BCUT2D eigenvalue weighted by Crippen LogP contribution is 2.30. The number of rotatable bonds is 3. The number of fused-ring (bicyclic) bond motifs is 1. The Hall–Kier alpha value is -3.47. The Morgan fingerprint density at radius 1 is 0.960 bits per heavy atom. The summed E-state index contributed by atoms with van der Waals surface area (Å²) >= 11 is 0. The lowest BCUT2D eigenvalue weighted by Crippen LogP contribution is -2.14. The van der Waals surface area contributed by atoms with Gasteiger partial charge in [-0.3, -0.25) is 14.2 Å². The van der Waals surface area contributed by atoms with Crippen molar-refractivity contribution in [3.63, 3.8) is 0 Å². The quantitative estimate of drug-likeness (QED) is 0.619. The molecule has 25 heavy (non-hydrogen) atoms. The van der Waals surface area contributed by atoms with Crippen molar-refractivity contribution in [2.45, 2.75) is 6.92 Å². The van der Waals surface area contributed by atoms with E-state index in [9.17, 15) is 4.79 Å². The maximum Gasteiger partial charge on any atom is 0.256 e. The normalized spacial score (nSPS) is 10.8. The number of pyridine rings is 2. The number of carbonyl (C=O) groups is 1. The highest BCUT2D eigenvalue weighted by atomic mass is 16.1. The number of benzene rings is 1. The van der Waals surface area contributed by atoms with Gasteiger partial charge >= 0.3 is 0 Å². The molecule has 4 aromatic rings. The highest BCUT2D eigenvalue weighted by Gasteiger charge is 2.18. The van der Waals surface area contributed by atoms with Crippen LogP contribution in [-0.4, -0.2) is 20.3 Å². The van der Waals surface area contributed by atoms with Crippen LogP contribution in [0.1, 0.15) is 16.1 Å². The summed E-state index contributed by atoms with van der Waals surface area (Å²) in [5, 5.41) is 3.02. The second kappa shape index (κ2) is 6.20. The van der Waals surface area contributed by atoms with E-state index in [2.05, 4.69) is 10.3 Å². The average Bonchev–Trinajstić information content (AvgIpc) is 3.03. The minimum atomic E-state index is -0.190. The summed E-state index contributed by atoms with van der Waals surface area (Å²) in [6, 6.07) is 19.1. The lowest BCUT2D eigenvalue weighted by atomic mass is 10.1. The molecular weight excluding hydrogens is 312 g/mol. The molecule has 0 bridgehead atoms. The first kappa shape index (κ1) is 15.1. The van der Waals surface area contributed by atoms with Crippen LogP contribution >= 0.6 is 0 Å². The number of nitrogens with zero attached hydrogens (tertiary/aromatic N) is 3. The predicted octanol–water partition coefficient (Wildman–Crippen LogP) is 3.96. The number of hydrogen-bond donors (Lipinski definition) is 1. The number of aromatic nitrogens is 3. The van der Waals surface area contributed by atoms with Crippen molar-refractivity contribution >= 4 is 17.4 Å². The standard InChI is InChI=1S/C20H16N4O/c1-14-6-5-9-17-22-18(15-7-3-2-4-8-15)19(24(14)17)23-20(25)16-10-12-21-13-11-16/h2-13H,1H3,(H,23,25). The zero-order valence-electron chi connectivity index (χ0n) is 13.7. The van der Waals surface area contributed by atoms with Crippen LogP contribution in [0.2, 0.25) is 0 Å². The van der Waals surface area contributed by atoms with Gasteiger partial charge in [-0.25, -0.2) is 4.98 Å². The average molecular weight is 328 g/mol. The van der Waals surface area contributed by atoms with Crippen molar-refractivity contribution in [2.75, 3.05) is 5.32 Å². The van der Waals surface area contributed by atoms with Crippen molar-refractivity contribution < 1.29 is 4.79 Å². The molecule has 5 heteroatoms. The summed E-state index contributed by atoms with van der Waals surface area (Å²) < 4.78 is 1.96. The molecule has 122 valence electrons. The predicted molar refractivity (Wildman–Crippen MR) is 97.6 cm³/mol. The van der Waals surface area contributed by atoms with E-state index < -0.39 is 0 Å². The van der Waals surface area contributed by atoms with E-state index in [4.69, 9.17) is 4.98 Å². The third-order valence-electron chi connectivity index (χ3n) is 4.06. The molecule has 1 aromatic carbocycles. The Morgan fingerprint density at radius 3 is 2.48 bits per heavy atom. The molecule has 3 aromatic heterocycles. The minimum absolute atomic E-state index is 0.190. The Bertz CT molecular complexity index is 1040. The SMILES string of the molecule is Cc1cccc2nc(-c3ccccc3)c(NC(=O)c3ccncc3)n12. The molecule has 5 nitrogen and oxygen atoms in total. The lowest BCUT2D eigenvalue weighted by Gasteiger charge is -2.09. The summed E-state index contributed by atoms with van der Waals surface area (Å²) in [6.07, 6.45) is 3.21. The molecule has 0 aliphatic rings. The molecule has 1 N–H and O–H groups in total. The third kappa shape index (κ3) is 2.76. The van der Waals surface area contributed by atoms with Gasteiger partial charge in [0.05, 0.1) is 0 Å². The highest BCUT2D eigenvalue weighted by molar-refractivity contribution is 6.05. The first-order chi connectivity index (χ1) is 12.2. The number of nitrogens with one attached hydrogen (secondary N) is 1. The maximum absolute atomic E-state index is 12.7. The molecule has 0 aliphatic heterocycles. The van der Waals surface area contributed by atoms with E-state index >= 15 is 0 Å². The molecule has 0 unspecified atom stereocenters. The second-order valence-corrected chi connectivity index (χ2v) is 5.73. The fourth-order valence-corrected chi connectivity index (χ4v) is 2.85. The van der Waals surface area contributed by atoms with Crippen molar-refractivity contribution in [3.05, 3.63) is 84.3 Å². The zero-order valence-corrected chi connectivity index (χ0v) is 13.7. The van der Waals surface area contributed by atoms with E-state index in [1.807, 2.05) is 59.9 Å². The van der Waals surface area contributed by atoms with Crippen LogP contribution in [0.3, 0.4) is 0 Å². The molecule has 0 radical (unpaired) electrons. The van der Waals surface area contributed by atoms with Gasteiger partial charge in [0.25, 0.3) is 5.91 Å². The lowest BCUT2D eigenvalue weighted by molar-refractivity contribution is 0.102. The molecule has 0 spiro atoms. The molecule has 4 rings (SSSR count). The first-order valence-electron chi connectivity index (χ1n) is 7.99. The van der Waals surface area contributed by atoms with E-state index in [0.29, 0.717) is 11.4 Å². The number of aryl methyl sites for hydroxylation is 1. The van der Waals surface area contributed by atoms with Crippen LogP contribution < -0.4 is 5.32 Å². The van der Waals surface area contributed by atoms with Gasteiger partial charge < -0.3 is 5.32 Å². The van der Waals surface area contributed by atoms with Gasteiger partial charge in [-0.05, 0) is 31.2 Å². The van der Waals surface area contributed by atoms with Crippen molar-refractivity contribution in [1.82, 2.24) is 14.4 Å². The Morgan fingerprint density at radius 2 is 1.72 bits per heavy atom. The number of hydrogen-bond acceptors (Lipinski definition) is 3. The van der Waals surface area contributed by atoms with Crippen LogP contribution in [0.25, 0.3) is 16.9 Å². The fraction of sp³-hybridized carbons (Fsp3) is 0.0500. The second-order valence-electron chi connectivity index (χ2n) is 5.73. The molecule has 1 amide bonds. The number of imidazole rings is 1. The summed E-state index contributed by atoms with van der Waals surface area (Å²) in [5.74, 6) is 0.478.